The molecule has 4 aromatic rings. The minimum Gasteiger partial charge on any atom is -0.314 e. The molecule has 1 N–H and O–H groups in total. The maximum absolute atomic E-state index is 15.7. The van der Waals surface area contributed by atoms with E-state index in [-0.39, 0.29) is 17.5 Å². The third kappa shape index (κ3) is 6.50. The summed E-state index contributed by atoms with van der Waals surface area (Å²) in [5, 5.41) is 19.0. The Morgan fingerprint density at radius 2 is 1.91 bits per heavy atom. The zero-order valence-electron chi connectivity index (χ0n) is 25.4. The van der Waals surface area contributed by atoms with Crippen molar-refractivity contribution in [1.82, 2.24) is 34.9 Å². The summed E-state index contributed by atoms with van der Waals surface area (Å²) in [6, 6.07) is 15.9. The Morgan fingerprint density at radius 3 is 2.64 bits per heavy atom. The Morgan fingerprint density at radius 1 is 1.13 bits per heavy atom. The fourth-order valence-corrected chi connectivity index (χ4v) is 6.85. The molecular weight excluding hydrogens is 634 g/mol. The number of para-hydroxylation sites is 1. The van der Waals surface area contributed by atoms with Crippen LogP contribution < -0.4 is 14.5 Å². The first-order chi connectivity index (χ1) is 21.7. The molecule has 0 bridgehead atoms. The standard InChI is InChI=1S/C33H36AsFN8O2/c1-33(2,42-15-12-37-13-16-42)18-22(19-36)32(44)41-14-6-7-23(20-41)43-31-28(30(34)38-21-39-31)29(40-43)26-11-10-25(17-27(26)35)45-24-8-4-3-5-9-24/h3-5,8-11,17-18,21,23,37H,6-7,12-16,20,34H2,1-2H3/b22-18-/t23-/m0/s1. The first kappa shape index (κ1) is 30.9. The van der Waals surface area contributed by atoms with Gasteiger partial charge in [-0.3, -0.25) is 0 Å². The van der Waals surface area contributed by atoms with Crippen LogP contribution in [0.5, 0.6) is 11.5 Å². The Balaban J connectivity index is 1.28. The third-order valence-electron chi connectivity index (χ3n) is 8.50. The number of carbonyl (C=O) groups excluding carboxylic acids is 1. The molecular formula is C33H36AsFN8O2. The molecule has 45 heavy (non-hydrogen) atoms. The summed E-state index contributed by atoms with van der Waals surface area (Å²) < 4.78 is 24.0. The number of halogens is 1. The van der Waals surface area contributed by atoms with Gasteiger partial charge in [-0.05, 0) is 0 Å². The predicted molar refractivity (Wildman–Crippen MR) is 172 cm³/mol. The molecule has 232 valence electrons. The summed E-state index contributed by atoms with van der Waals surface area (Å²) in [6.45, 7) is 8.45. The van der Waals surface area contributed by atoms with Gasteiger partial charge in [0.05, 0.1) is 0 Å². The van der Waals surface area contributed by atoms with Gasteiger partial charge in [-0.2, -0.15) is 0 Å². The number of piperidine rings is 1. The van der Waals surface area contributed by atoms with Crippen molar-refractivity contribution >= 4 is 38.3 Å². The number of fused-ring (bicyclic) bond motifs is 1. The summed E-state index contributed by atoms with van der Waals surface area (Å²) in [5.74, 6) is 0.245. The van der Waals surface area contributed by atoms with Gasteiger partial charge in [0.15, 0.2) is 0 Å². The molecule has 1 unspecified atom stereocenters. The van der Waals surface area contributed by atoms with E-state index in [0.717, 1.165) is 43.5 Å². The van der Waals surface area contributed by atoms with Gasteiger partial charge in [-0.25, -0.2) is 0 Å². The molecule has 4 heterocycles. The number of nitriles is 1. The molecule has 2 atom stereocenters. The van der Waals surface area contributed by atoms with Crippen LogP contribution in [-0.2, 0) is 4.79 Å². The van der Waals surface area contributed by atoms with Crippen molar-refractivity contribution in [2.45, 2.75) is 38.3 Å². The number of nitrogens with zero attached hydrogens (tertiary/aromatic N) is 7. The van der Waals surface area contributed by atoms with E-state index in [1.807, 2.05) is 48.9 Å². The van der Waals surface area contributed by atoms with Crippen molar-refractivity contribution in [2.24, 2.45) is 0 Å². The molecule has 0 radical (unpaired) electrons. The Labute approximate surface area is 270 Å². The SMILES string of the molecule is CC(C)(/C=C(/C#N)C(=O)N1CCC[C@H](n2nc(-c3ccc(Oc4ccccc4)cc3F)c3c([AsH2])ncnc32)C1)N1CCNCC1. The van der Waals surface area contributed by atoms with Crippen LogP contribution in [0.15, 0.2) is 66.5 Å². The smallest absolute Gasteiger partial charge is 0.314 e. The van der Waals surface area contributed by atoms with Gasteiger partial charge < -0.3 is 5.32 Å². The number of carbonyl (C=O) groups is 1. The van der Waals surface area contributed by atoms with Gasteiger partial charge in [0.25, 0.3) is 0 Å². The average Bonchev–Trinajstić information content (AvgIpc) is 3.45. The number of amides is 1. The van der Waals surface area contributed by atoms with Crippen LogP contribution in [0.4, 0.5) is 4.39 Å². The van der Waals surface area contributed by atoms with Crippen molar-refractivity contribution in [1.29, 1.82) is 5.26 Å². The molecule has 2 fully saturated rings. The molecule has 2 saturated heterocycles. The number of likely N-dealkylation sites (tertiary alicyclic amines) is 1. The van der Waals surface area contributed by atoms with Gasteiger partial charge in [0, 0.05) is 26.2 Å². The van der Waals surface area contributed by atoms with Crippen LogP contribution >= 0.6 is 0 Å². The van der Waals surface area contributed by atoms with E-state index in [9.17, 15) is 10.1 Å². The van der Waals surface area contributed by atoms with Crippen LogP contribution in [0.1, 0.15) is 32.7 Å². The minimum atomic E-state index is -0.470. The van der Waals surface area contributed by atoms with Crippen molar-refractivity contribution in [2.75, 3.05) is 39.3 Å². The van der Waals surface area contributed by atoms with Crippen molar-refractivity contribution in [3.8, 4) is 28.8 Å². The zero-order valence-corrected chi connectivity index (χ0v) is 27.8. The second-order valence-corrected chi connectivity index (χ2v) is 13.1. The van der Waals surface area contributed by atoms with E-state index in [4.69, 9.17) is 9.84 Å². The van der Waals surface area contributed by atoms with E-state index in [2.05, 4.69) is 26.3 Å². The average molecular weight is 671 g/mol. The minimum absolute atomic E-state index is 0.144. The van der Waals surface area contributed by atoms with Gasteiger partial charge in [-0.15, -0.1) is 0 Å². The van der Waals surface area contributed by atoms with Crippen LogP contribution in [0.25, 0.3) is 22.3 Å². The zero-order chi connectivity index (χ0) is 31.6. The monoisotopic (exact) mass is 670 g/mol. The quantitative estimate of drug-likeness (QED) is 0.182. The second kappa shape index (κ2) is 13.1. The van der Waals surface area contributed by atoms with E-state index in [0.29, 0.717) is 46.9 Å². The molecule has 2 aromatic heterocycles. The number of hydrogen-bond donors (Lipinski definition) is 1. The van der Waals surface area contributed by atoms with Crippen LogP contribution in [0, 0.1) is 17.1 Å². The Kier molecular flexibility index (Phi) is 8.99. The van der Waals surface area contributed by atoms with E-state index >= 15 is 4.39 Å². The number of rotatable bonds is 7. The first-order valence-electron chi connectivity index (χ1n) is 15.1. The van der Waals surface area contributed by atoms with Gasteiger partial charge in [-0.1, -0.05) is 0 Å². The normalized spacial score (nSPS) is 18.2. The summed E-state index contributed by atoms with van der Waals surface area (Å²) in [7, 11) is 0. The summed E-state index contributed by atoms with van der Waals surface area (Å²) in [4.78, 5) is 26.7. The fraction of sp³-hybridized carbons (Fsp3) is 0.364. The molecule has 12 heteroatoms. The van der Waals surface area contributed by atoms with E-state index in [1.54, 1.807) is 23.1 Å². The molecule has 0 aliphatic carbocycles. The van der Waals surface area contributed by atoms with Crippen molar-refractivity contribution < 1.29 is 13.9 Å². The number of aromatic nitrogens is 4. The maximum atomic E-state index is 15.7. The summed E-state index contributed by atoms with van der Waals surface area (Å²) in [6.07, 6.45) is 4.80. The second-order valence-electron chi connectivity index (χ2n) is 11.9. The van der Waals surface area contributed by atoms with Gasteiger partial charge >= 0.3 is 240 Å². The van der Waals surface area contributed by atoms with Crippen LogP contribution in [0.2, 0.25) is 0 Å². The number of hydrogen-bond acceptors (Lipinski definition) is 8. The molecule has 6 rings (SSSR count). The van der Waals surface area contributed by atoms with Crippen molar-refractivity contribution in [3.63, 3.8) is 0 Å². The fourth-order valence-electron chi connectivity index (χ4n) is 6.15. The Hall–Kier alpha value is -4.10. The number of ether oxygens (including phenoxy) is 1. The topological polar surface area (TPSA) is 112 Å². The van der Waals surface area contributed by atoms with Gasteiger partial charge in [0.1, 0.15) is 0 Å². The molecule has 0 spiro atoms. The van der Waals surface area contributed by atoms with Crippen molar-refractivity contribution in [3.05, 3.63) is 72.3 Å². The Bertz CT molecular complexity index is 1780. The first-order valence-corrected chi connectivity index (χ1v) is 16.4. The number of nitrogens with one attached hydrogen (secondary N) is 1. The number of piperazine rings is 1. The predicted octanol–water partition coefficient (Wildman–Crippen LogP) is 2.98. The van der Waals surface area contributed by atoms with Crippen LogP contribution in [0.3, 0.4) is 0 Å². The molecule has 0 saturated carbocycles. The summed E-state index contributed by atoms with van der Waals surface area (Å²) >= 11 is 1.30. The van der Waals surface area contributed by atoms with Gasteiger partial charge in [0.2, 0.25) is 0 Å². The molecule has 2 aliphatic heterocycles. The number of benzene rings is 2. The van der Waals surface area contributed by atoms with E-state index < -0.39 is 11.4 Å². The van der Waals surface area contributed by atoms with E-state index in [1.165, 1.54) is 29.2 Å². The molecule has 2 aliphatic rings. The third-order valence-corrected chi connectivity index (χ3v) is 9.42. The summed E-state index contributed by atoms with van der Waals surface area (Å²) in [5.41, 5.74) is 1.08. The van der Waals surface area contributed by atoms with Crippen LogP contribution in [-0.4, -0.2) is 97.1 Å². The molecule has 2 aromatic carbocycles. The molecule has 1 amide bonds. The molecule has 10 nitrogen and oxygen atoms in total.